The van der Waals surface area contributed by atoms with E-state index in [9.17, 15) is 5.11 Å². The van der Waals surface area contributed by atoms with E-state index < -0.39 is 0 Å². The maximum absolute atomic E-state index is 9.68. The van der Waals surface area contributed by atoms with E-state index in [1.54, 1.807) is 0 Å². The zero-order chi connectivity index (χ0) is 18.1. The summed E-state index contributed by atoms with van der Waals surface area (Å²) in [6.07, 6.45) is 22.4. The van der Waals surface area contributed by atoms with Crippen LogP contribution >= 0.6 is 0 Å². The first kappa shape index (κ1) is 27.4. The van der Waals surface area contributed by atoms with Gasteiger partial charge in [-0.2, -0.15) is 0 Å². The predicted molar refractivity (Wildman–Crippen MR) is 108 cm³/mol. The van der Waals surface area contributed by atoms with Crippen molar-refractivity contribution in [2.75, 3.05) is 20.6 Å². The molecule has 0 aromatic heterocycles. The topological polar surface area (TPSA) is 20.2 Å². The lowest BCUT2D eigenvalue weighted by atomic mass is 10.0. The van der Waals surface area contributed by atoms with Gasteiger partial charge in [0.05, 0.1) is 20.6 Å². The Morgan fingerprint density at radius 3 is 1.16 bits per heavy atom. The molecule has 25 heavy (non-hydrogen) atoms. The average Bonchev–Trinajstić information content (AvgIpc) is 2.54. The minimum Gasteiger partial charge on any atom is -1.00 e. The molecule has 0 saturated carbocycles. The van der Waals surface area contributed by atoms with Crippen LogP contribution in [0.25, 0.3) is 0 Å². The summed E-state index contributed by atoms with van der Waals surface area (Å²) >= 11 is 0. The van der Waals surface area contributed by atoms with Crippen molar-refractivity contribution in [3.8, 4) is 0 Å². The third-order valence-electron chi connectivity index (χ3n) is 5.60. The summed E-state index contributed by atoms with van der Waals surface area (Å²) in [5, 5.41) is 9.68. The molecule has 0 heterocycles. The standard InChI is InChI=1S/C22H48NO.ClH/c1-5-6-7-8-9-10-11-12-13-14-15-16-17-18-19-20-21-23(3,4)22(2)24;/h22,24H,5-21H2,1-4H3;1H/q+1;/p-1. The van der Waals surface area contributed by atoms with Crippen LogP contribution in [-0.4, -0.2) is 36.5 Å². The quantitative estimate of drug-likeness (QED) is 0.219. The van der Waals surface area contributed by atoms with Crippen molar-refractivity contribution in [2.45, 2.75) is 123 Å². The molecule has 0 aliphatic rings. The highest BCUT2D eigenvalue weighted by Crippen LogP contribution is 2.14. The molecular formula is C22H48ClNO. The normalized spacial score (nSPS) is 12.8. The van der Waals surface area contributed by atoms with Crippen molar-refractivity contribution in [1.82, 2.24) is 0 Å². The van der Waals surface area contributed by atoms with E-state index in [-0.39, 0.29) is 18.6 Å². The number of rotatable bonds is 18. The first-order valence-corrected chi connectivity index (χ1v) is 11.0. The van der Waals surface area contributed by atoms with Crippen LogP contribution in [0.2, 0.25) is 0 Å². The van der Waals surface area contributed by atoms with Crippen molar-refractivity contribution in [3.05, 3.63) is 0 Å². The first-order chi connectivity index (χ1) is 11.5. The van der Waals surface area contributed by atoms with Crippen LogP contribution in [0.3, 0.4) is 0 Å². The lowest BCUT2D eigenvalue weighted by Crippen LogP contribution is -3.00. The Morgan fingerprint density at radius 2 is 0.880 bits per heavy atom. The van der Waals surface area contributed by atoms with Crippen molar-refractivity contribution < 1.29 is 22.0 Å². The van der Waals surface area contributed by atoms with Crippen LogP contribution in [0.4, 0.5) is 0 Å². The lowest BCUT2D eigenvalue weighted by Gasteiger charge is -2.32. The van der Waals surface area contributed by atoms with E-state index in [1.807, 2.05) is 6.92 Å². The molecule has 0 aromatic carbocycles. The summed E-state index contributed by atoms with van der Waals surface area (Å²) in [5.74, 6) is 0. The number of hydrogen-bond donors (Lipinski definition) is 1. The highest BCUT2D eigenvalue weighted by atomic mass is 35.5. The van der Waals surface area contributed by atoms with Crippen molar-refractivity contribution in [1.29, 1.82) is 0 Å². The second-order valence-electron chi connectivity index (χ2n) is 8.44. The maximum atomic E-state index is 9.68. The number of aliphatic hydroxyl groups is 1. The van der Waals surface area contributed by atoms with Gasteiger partial charge in [-0.05, 0) is 12.8 Å². The van der Waals surface area contributed by atoms with Crippen molar-refractivity contribution in [2.24, 2.45) is 0 Å². The van der Waals surface area contributed by atoms with E-state index >= 15 is 0 Å². The molecule has 154 valence electrons. The van der Waals surface area contributed by atoms with E-state index in [1.165, 1.54) is 103 Å². The van der Waals surface area contributed by atoms with Gasteiger partial charge in [0, 0.05) is 6.92 Å². The van der Waals surface area contributed by atoms with Gasteiger partial charge >= 0.3 is 0 Å². The summed E-state index contributed by atoms with van der Waals surface area (Å²) < 4.78 is 0.735. The van der Waals surface area contributed by atoms with Gasteiger partial charge in [-0.3, -0.25) is 0 Å². The molecule has 0 spiro atoms. The second kappa shape index (κ2) is 19.0. The van der Waals surface area contributed by atoms with Crippen LogP contribution < -0.4 is 12.4 Å². The van der Waals surface area contributed by atoms with Gasteiger partial charge in [-0.1, -0.05) is 96.8 Å². The number of hydrogen-bond acceptors (Lipinski definition) is 1. The van der Waals surface area contributed by atoms with Gasteiger partial charge in [0.2, 0.25) is 0 Å². The van der Waals surface area contributed by atoms with Crippen LogP contribution in [0.15, 0.2) is 0 Å². The molecule has 0 aliphatic heterocycles. The zero-order valence-electron chi connectivity index (χ0n) is 17.9. The van der Waals surface area contributed by atoms with Gasteiger partial charge in [0.15, 0.2) is 6.23 Å². The molecule has 1 unspecified atom stereocenters. The number of quaternary nitrogens is 1. The molecule has 0 fully saturated rings. The average molecular weight is 378 g/mol. The molecule has 2 nitrogen and oxygen atoms in total. The van der Waals surface area contributed by atoms with Gasteiger partial charge in [0.1, 0.15) is 0 Å². The summed E-state index contributed by atoms with van der Waals surface area (Å²) in [5.41, 5.74) is 0. The molecule has 0 amide bonds. The summed E-state index contributed by atoms with van der Waals surface area (Å²) in [6.45, 7) is 5.28. The summed E-state index contributed by atoms with van der Waals surface area (Å²) in [4.78, 5) is 0. The van der Waals surface area contributed by atoms with E-state index in [4.69, 9.17) is 0 Å². The highest BCUT2D eigenvalue weighted by molar-refractivity contribution is 4.50. The molecule has 1 N–H and O–H groups in total. The van der Waals surface area contributed by atoms with Crippen molar-refractivity contribution in [3.63, 3.8) is 0 Å². The predicted octanol–water partition coefficient (Wildman–Crippen LogP) is 3.67. The minimum atomic E-state index is -0.249. The molecule has 0 aromatic rings. The molecule has 0 rings (SSSR count). The summed E-state index contributed by atoms with van der Waals surface area (Å²) in [7, 11) is 4.24. The van der Waals surface area contributed by atoms with Gasteiger partial charge in [0.25, 0.3) is 0 Å². The number of nitrogens with zero attached hydrogens (tertiary/aromatic N) is 1. The second-order valence-corrected chi connectivity index (χ2v) is 8.44. The SMILES string of the molecule is CCCCCCCCCCCCCCCCCC[N+](C)(C)C(C)O.[Cl-]. The number of unbranched alkanes of at least 4 members (excludes halogenated alkanes) is 15. The maximum Gasteiger partial charge on any atom is 0.187 e. The Bertz CT molecular complexity index is 256. The molecule has 0 saturated heterocycles. The number of halogens is 1. The van der Waals surface area contributed by atoms with Crippen LogP contribution in [-0.2, 0) is 0 Å². The van der Waals surface area contributed by atoms with Crippen LogP contribution in [0.1, 0.15) is 117 Å². The first-order valence-electron chi connectivity index (χ1n) is 11.0. The lowest BCUT2D eigenvalue weighted by molar-refractivity contribution is -0.934. The smallest absolute Gasteiger partial charge is 0.187 e. The molecule has 1 atom stereocenters. The fourth-order valence-corrected chi connectivity index (χ4v) is 3.25. The monoisotopic (exact) mass is 377 g/mol. The fraction of sp³-hybridized carbons (Fsp3) is 1.00. The Morgan fingerprint density at radius 1 is 0.600 bits per heavy atom. The molecule has 0 radical (unpaired) electrons. The third kappa shape index (κ3) is 18.8. The Balaban J connectivity index is 0. The fourth-order valence-electron chi connectivity index (χ4n) is 3.25. The van der Waals surface area contributed by atoms with E-state index in [0.29, 0.717) is 0 Å². The van der Waals surface area contributed by atoms with Crippen LogP contribution in [0, 0.1) is 0 Å². The Hall–Kier alpha value is 0.210. The largest absolute Gasteiger partial charge is 1.00 e. The van der Waals surface area contributed by atoms with E-state index in [2.05, 4.69) is 21.0 Å². The van der Waals surface area contributed by atoms with Crippen LogP contribution in [0.5, 0.6) is 0 Å². The Kier molecular flexibility index (Phi) is 20.8. The molecule has 0 bridgehead atoms. The summed E-state index contributed by atoms with van der Waals surface area (Å²) in [6, 6.07) is 0. The highest BCUT2D eigenvalue weighted by Gasteiger charge is 2.20. The molecular weight excluding hydrogens is 330 g/mol. The zero-order valence-corrected chi connectivity index (χ0v) is 18.6. The molecule has 3 heteroatoms. The van der Waals surface area contributed by atoms with Gasteiger partial charge in [-0.25, -0.2) is 0 Å². The molecule has 0 aliphatic carbocycles. The third-order valence-corrected chi connectivity index (χ3v) is 5.60. The van der Waals surface area contributed by atoms with E-state index in [0.717, 1.165) is 11.0 Å². The Labute approximate surface area is 165 Å². The number of aliphatic hydroxyl groups excluding tert-OH is 1. The minimum absolute atomic E-state index is 0. The van der Waals surface area contributed by atoms with Gasteiger partial charge < -0.3 is 22.0 Å². The van der Waals surface area contributed by atoms with Crippen molar-refractivity contribution >= 4 is 0 Å². The van der Waals surface area contributed by atoms with Gasteiger partial charge in [-0.15, -0.1) is 0 Å².